The van der Waals surface area contributed by atoms with Gasteiger partial charge in [0.2, 0.25) is 0 Å². The zero-order valence-corrected chi connectivity index (χ0v) is 11.3. The van der Waals surface area contributed by atoms with Gasteiger partial charge < -0.3 is 4.52 Å². The van der Waals surface area contributed by atoms with Crippen molar-refractivity contribution >= 4 is 0 Å². The van der Waals surface area contributed by atoms with Crippen molar-refractivity contribution in [3.05, 3.63) is 17.5 Å². The van der Waals surface area contributed by atoms with Gasteiger partial charge in [-0.25, -0.2) is 0 Å². The van der Waals surface area contributed by atoms with E-state index in [0.29, 0.717) is 0 Å². The second kappa shape index (κ2) is 5.41. The van der Waals surface area contributed by atoms with E-state index in [1.165, 1.54) is 51.9 Å². The van der Waals surface area contributed by atoms with Crippen LogP contribution < -0.4 is 0 Å². The molecular weight excluding hydrogens is 226 g/mol. The molecule has 0 bridgehead atoms. The largest absolute Gasteiger partial charge is 0.360 e. The van der Waals surface area contributed by atoms with E-state index < -0.39 is 0 Å². The third-order valence-corrected chi connectivity index (χ3v) is 4.19. The van der Waals surface area contributed by atoms with Crippen LogP contribution in [0.1, 0.15) is 37.1 Å². The maximum absolute atomic E-state index is 5.34. The molecule has 0 amide bonds. The van der Waals surface area contributed by atoms with Crippen LogP contribution in [0.15, 0.2) is 10.6 Å². The van der Waals surface area contributed by atoms with Crippen molar-refractivity contribution in [3.63, 3.8) is 0 Å². The molecule has 0 aliphatic carbocycles. The van der Waals surface area contributed by atoms with Crippen LogP contribution in [0.3, 0.4) is 0 Å². The van der Waals surface area contributed by atoms with Crippen LogP contribution in [0.2, 0.25) is 0 Å². The summed E-state index contributed by atoms with van der Waals surface area (Å²) in [7, 11) is 0. The monoisotopic (exact) mass is 249 g/mol. The van der Waals surface area contributed by atoms with Gasteiger partial charge in [0, 0.05) is 18.7 Å². The summed E-state index contributed by atoms with van der Waals surface area (Å²) in [6.07, 6.45) is 5.43. The number of piperidine rings is 1. The van der Waals surface area contributed by atoms with Gasteiger partial charge in [0.05, 0.1) is 12.2 Å². The first-order chi connectivity index (χ1) is 8.81. The average molecular weight is 249 g/mol. The second-order valence-electron chi connectivity index (χ2n) is 5.71. The Bertz CT molecular complexity index is 390. The molecule has 100 valence electrons. The molecule has 0 radical (unpaired) electrons. The highest BCUT2D eigenvalue weighted by atomic mass is 16.5. The molecule has 0 aromatic carbocycles. The van der Waals surface area contributed by atoms with E-state index in [2.05, 4.69) is 21.0 Å². The summed E-state index contributed by atoms with van der Waals surface area (Å²) in [5.74, 6) is 1.01. The Morgan fingerprint density at radius 3 is 3.00 bits per heavy atom. The summed E-state index contributed by atoms with van der Waals surface area (Å²) in [6, 6.07) is 2.83. The Morgan fingerprint density at radius 2 is 2.17 bits per heavy atom. The summed E-state index contributed by atoms with van der Waals surface area (Å²) >= 11 is 0. The van der Waals surface area contributed by atoms with Crippen molar-refractivity contribution in [1.29, 1.82) is 0 Å². The van der Waals surface area contributed by atoms with E-state index in [9.17, 15) is 0 Å². The van der Waals surface area contributed by atoms with Gasteiger partial charge in [-0.15, -0.1) is 0 Å². The Balaban J connectivity index is 1.62. The third kappa shape index (κ3) is 2.75. The highest BCUT2D eigenvalue weighted by Gasteiger charge is 2.27. The van der Waals surface area contributed by atoms with Crippen LogP contribution in [-0.2, 0) is 6.54 Å². The lowest BCUT2D eigenvalue weighted by Gasteiger charge is -2.35. The molecule has 1 aromatic heterocycles. The molecule has 3 heterocycles. The quantitative estimate of drug-likeness (QED) is 0.803. The Kier molecular flexibility index (Phi) is 3.66. The van der Waals surface area contributed by atoms with Crippen molar-refractivity contribution in [2.75, 3.05) is 26.2 Å². The lowest BCUT2D eigenvalue weighted by Crippen LogP contribution is -2.43. The molecule has 18 heavy (non-hydrogen) atoms. The minimum Gasteiger partial charge on any atom is -0.360 e. The molecule has 0 spiro atoms. The van der Waals surface area contributed by atoms with Gasteiger partial charge in [0.25, 0.3) is 0 Å². The van der Waals surface area contributed by atoms with Gasteiger partial charge in [0.1, 0.15) is 0 Å². The molecule has 3 rings (SSSR count). The maximum Gasteiger partial charge on any atom is 0.150 e. The predicted molar refractivity (Wildman–Crippen MR) is 70.3 cm³/mol. The van der Waals surface area contributed by atoms with Crippen LogP contribution in [0.4, 0.5) is 0 Å². The van der Waals surface area contributed by atoms with E-state index in [4.69, 9.17) is 4.52 Å². The van der Waals surface area contributed by atoms with E-state index >= 15 is 0 Å². The predicted octanol–water partition coefficient (Wildman–Crippen LogP) is 2.04. The molecular formula is C14H23N3O. The molecule has 2 aliphatic rings. The molecule has 2 fully saturated rings. The minimum absolute atomic E-state index is 0.769. The zero-order valence-electron chi connectivity index (χ0n) is 11.3. The van der Waals surface area contributed by atoms with Crippen LogP contribution >= 0.6 is 0 Å². The summed E-state index contributed by atoms with van der Waals surface area (Å²) < 4.78 is 5.34. The van der Waals surface area contributed by atoms with E-state index in [-0.39, 0.29) is 0 Å². The number of aryl methyl sites for hydroxylation is 1. The minimum atomic E-state index is 0.769. The maximum atomic E-state index is 5.34. The molecule has 4 heteroatoms. The van der Waals surface area contributed by atoms with Crippen LogP contribution in [-0.4, -0.2) is 47.2 Å². The third-order valence-electron chi connectivity index (χ3n) is 4.19. The number of hydrogen-bond acceptors (Lipinski definition) is 4. The number of nitrogens with zero attached hydrogens (tertiary/aromatic N) is 3. The number of aromatic nitrogens is 1. The van der Waals surface area contributed by atoms with E-state index in [0.717, 1.165) is 24.0 Å². The van der Waals surface area contributed by atoms with Crippen LogP contribution in [0.5, 0.6) is 0 Å². The molecule has 0 N–H and O–H groups in total. The Morgan fingerprint density at radius 1 is 1.28 bits per heavy atom. The fourth-order valence-corrected chi connectivity index (χ4v) is 3.30. The fourth-order valence-electron chi connectivity index (χ4n) is 3.30. The van der Waals surface area contributed by atoms with Crippen molar-refractivity contribution in [3.8, 4) is 0 Å². The standard InChI is InChI=1S/C14H23N3O/c1-12-9-14(18-15-12)11-16-6-4-8-17-7-3-2-5-13(17)10-16/h9,13H,2-8,10-11H2,1H3. The first-order valence-corrected chi connectivity index (χ1v) is 7.20. The van der Waals surface area contributed by atoms with E-state index in [1.54, 1.807) is 0 Å². The fraction of sp³-hybridized carbons (Fsp3) is 0.786. The SMILES string of the molecule is Cc1cc(CN2CCCN3CCCCC3C2)on1. The van der Waals surface area contributed by atoms with Crippen molar-refractivity contribution < 1.29 is 4.52 Å². The molecule has 4 nitrogen and oxygen atoms in total. The Hall–Kier alpha value is -0.870. The van der Waals surface area contributed by atoms with Gasteiger partial charge >= 0.3 is 0 Å². The van der Waals surface area contributed by atoms with Crippen molar-refractivity contribution in [2.24, 2.45) is 0 Å². The molecule has 2 saturated heterocycles. The average Bonchev–Trinajstić information content (AvgIpc) is 2.66. The molecule has 1 atom stereocenters. The molecule has 0 saturated carbocycles. The summed E-state index contributed by atoms with van der Waals surface area (Å²) in [6.45, 7) is 7.87. The summed E-state index contributed by atoms with van der Waals surface area (Å²) in [5.41, 5.74) is 0.985. The second-order valence-corrected chi connectivity index (χ2v) is 5.71. The van der Waals surface area contributed by atoms with Gasteiger partial charge in [0.15, 0.2) is 5.76 Å². The number of fused-ring (bicyclic) bond motifs is 1. The van der Waals surface area contributed by atoms with Gasteiger partial charge in [-0.2, -0.15) is 0 Å². The lowest BCUT2D eigenvalue weighted by molar-refractivity contribution is 0.131. The van der Waals surface area contributed by atoms with Crippen LogP contribution in [0, 0.1) is 6.92 Å². The van der Waals surface area contributed by atoms with E-state index in [1.807, 2.05) is 6.92 Å². The first-order valence-electron chi connectivity index (χ1n) is 7.20. The summed E-state index contributed by atoms with van der Waals surface area (Å²) in [4.78, 5) is 5.23. The lowest BCUT2D eigenvalue weighted by atomic mass is 10.0. The van der Waals surface area contributed by atoms with Gasteiger partial charge in [-0.1, -0.05) is 11.6 Å². The van der Waals surface area contributed by atoms with Gasteiger partial charge in [-0.05, 0) is 45.8 Å². The van der Waals surface area contributed by atoms with Crippen LogP contribution in [0.25, 0.3) is 0 Å². The normalized spacial score (nSPS) is 26.8. The van der Waals surface area contributed by atoms with Crippen molar-refractivity contribution in [2.45, 2.75) is 45.2 Å². The topological polar surface area (TPSA) is 32.5 Å². The zero-order chi connectivity index (χ0) is 12.4. The highest BCUT2D eigenvalue weighted by molar-refractivity contribution is 5.03. The van der Waals surface area contributed by atoms with Gasteiger partial charge in [-0.3, -0.25) is 9.80 Å². The number of hydrogen-bond donors (Lipinski definition) is 0. The molecule has 1 aromatic rings. The Labute approximate surface area is 109 Å². The van der Waals surface area contributed by atoms with Crippen molar-refractivity contribution in [1.82, 2.24) is 15.0 Å². The summed E-state index contributed by atoms with van der Waals surface area (Å²) in [5, 5.41) is 3.97. The molecule has 1 unspecified atom stereocenters. The smallest absolute Gasteiger partial charge is 0.150 e. The first kappa shape index (κ1) is 12.2. The number of rotatable bonds is 2. The highest BCUT2D eigenvalue weighted by Crippen LogP contribution is 2.21. The molecule has 2 aliphatic heterocycles.